The number of halogens is 4. The largest absolute Gasteiger partial charge is 0.405 e. The Bertz CT molecular complexity index is 616. The Hall–Kier alpha value is -1.65. The summed E-state index contributed by atoms with van der Waals surface area (Å²) >= 11 is 0. The molecule has 1 fully saturated rings. The number of carbonyl (C=O) groups is 1. The molecule has 24 heavy (non-hydrogen) atoms. The molecule has 1 atom stereocenters. The molecule has 1 saturated heterocycles. The number of aryl methyl sites for hydroxylation is 1. The average molecular weight is 370 g/mol. The van der Waals surface area contributed by atoms with Crippen LogP contribution in [-0.4, -0.2) is 65.5 Å². The maximum atomic E-state index is 13.2. The van der Waals surface area contributed by atoms with Crippen molar-refractivity contribution >= 4 is 18.3 Å². The molecule has 0 aliphatic carbocycles. The number of aromatic nitrogens is 2. The first-order valence-corrected chi connectivity index (χ1v) is 7.13. The smallest absolute Gasteiger partial charge is 0.349 e. The van der Waals surface area contributed by atoms with Gasteiger partial charge in [-0.15, -0.1) is 12.4 Å². The summed E-state index contributed by atoms with van der Waals surface area (Å²) in [7, 11) is 1.36. The van der Waals surface area contributed by atoms with Crippen molar-refractivity contribution in [3.05, 3.63) is 28.2 Å². The van der Waals surface area contributed by atoms with Crippen LogP contribution in [0.3, 0.4) is 0 Å². The summed E-state index contributed by atoms with van der Waals surface area (Å²) in [6, 6.07) is 0.575. The van der Waals surface area contributed by atoms with Gasteiger partial charge in [-0.3, -0.25) is 14.5 Å². The van der Waals surface area contributed by atoms with Crippen molar-refractivity contribution in [1.82, 2.24) is 25.3 Å². The van der Waals surface area contributed by atoms with Gasteiger partial charge in [-0.2, -0.15) is 18.3 Å². The minimum absolute atomic E-state index is 0. The molecule has 0 aromatic carbocycles. The number of nitrogens with zero attached hydrogens (tertiary/aromatic N) is 3. The van der Waals surface area contributed by atoms with E-state index >= 15 is 0 Å². The maximum Gasteiger partial charge on any atom is 0.405 e. The van der Waals surface area contributed by atoms with E-state index in [0.29, 0.717) is 13.1 Å². The standard InChI is InChI=1S/C13H18F3N5O2.ClH/c1-20-11(22)3-2-9(19-20)12(23)18-8-10(13(14,15)16)21-6-4-17-5-7-21;/h2-3,10,17H,4-8H2,1H3,(H,18,23);1H. The molecule has 1 aromatic rings. The lowest BCUT2D eigenvalue weighted by Crippen LogP contribution is -2.57. The first-order valence-electron chi connectivity index (χ1n) is 7.13. The lowest BCUT2D eigenvalue weighted by molar-refractivity contribution is -0.183. The van der Waals surface area contributed by atoms with Gasteiger partial charge in [0.15, 0.2) is 0 Å². The molecular weight excluding hydrogens is 351 g/mol. The van der Waals surface area contributed by atoms with E-state index in [-0.39, 0.29) is 31.2 Å². The van der Waals surface area contributed by atoms with Crippen molar-refractivity contribution in [3.63, 3.8) is 0 Å². The summed E-state index contributed by atoms with van der Waals surface area (Å²) in [5.74, 6) is -0.745. The predicted octanol–water partition coefficient (Wildman–Crippen LogP) is -0.232. The van der Waals surface area contributed by atoms with Crippen LogP contribution in [-0.2, 0) is 7.05 Å². The lowest BCUT2D eigenvalue weighted by Gasteiger charge is -2.35. The average Bonchev–Trinajstić information content (AvgIpc) is 2.49. The van der Waals surface area contributed by atoms with Crippen molar-refractivity contribution in [2.45, 2.75) is 12.2 Å². The summed E-state index contributed by atoms with van der Waals surface area (Å²) < 4.78 is 40.6. The fourth-order valence-corrected chi connectivity index (χ4v) is 2.35. The molecule has 0 spiro atoms. The van der Waals surface area contributed by atoms with Crippen molar-refractivity contribution in [2.75, 3.05) is 32.7 Å². The van der Waals surface area contributed by atoms with Crippen molar-refractivity contribution in [3.8, 4) is 0 Å². The molecule has 1 aromatic heterocycles. The maximum absolute atomic E-state index is 13.2. The molecule has 11 heteroatoms. The topological polar surface area (TPSA) is 79.3 Å². The third-order valence-electron chi connectivity index (χ3n) is 3.62. The van der Waals surface area contributed by atoms with E-state index in [2.05, 4.69) is 15.7 Å². The highest BCUT2D eigenvalue weighted by molar-refractivity contribution is 5.92. The van der Waals surface area contributed by atoms with Crippen LogP contribution in [0.25, 0.3) is 0 Å². The molecule has 0 bridgehead atoms. The number of hydrogen-bond donors (Lipinski definition) is 2. The summed E-state index contributed by atoms with van der Waals surface area (Å²) in [4.78, 5) is 24.4. The Morgan fingerprint density at radius 1 is 1.38 bits per heavy atom. The summed E-state index contributed by atoms with van der Waals surface area (Å²) in [6.07, 6.45) is -4.44. The second-order valence-corrected chi connectivity index (χ2v) is 5.23. The summed E-state index contributed by atoms with van der Waals surface area (Å²) in [6.45, 7) is 0.912. The number of piperazine rings is 1. The fourth-order valence-electron chi connectivity index (χ4n) is 2.35. The highest BCUT2D eigenvalue weighted by Gasteiger charge is 2.43. The van der Waals surface area contributed by atoms with Crippen molar-refractivity contribution in [2.24, 2.45) is 7.05 Å². The Labute approximate surface area is 142 Å². The van der Waals surface area contributed by atoms with Crippen LogP contribution < -0.4 is 16.2 Å². The second-order valence-electron chi connectivity index (χ2n) is 5.23. The molecule has 1 unspecified atom stereocenters. The van der Waals surface area contributed by atoms with Gasteiger partial charge in [-0.25, -0.2) is 4.68 Å². The molecule has 1 aliphatic heterocycles. The number of amides is 1. The molecule has 2 rings (SSSR count). The number of alkyl halides is 3. The van der Waals surface area contributed by atoms with E-state index in [1.165, 1.54) is 18.0 Å². The minimum atomic E-state index is -4.44. The van der Waals surface area contributed by atoms with Crippen LogP contribution in [0.1, 0.15) is 10.5 Å². The zero-order valence-corrected chi connectivity index (χ0v) is 13.8. The van der Waals surface area contributed by atoms with Gasteiger partial charge in [0.05, 0.1) is 0 Å². The van der Waals surface area contributed by atoms with E-state index in [1.54, 1.807) is 0 Å². The Morgan fingerprint density at radius 3 is 2.54 bits per heavy atom. The van der Waals surface area contributed by atoms with Gasteiger partial charge in [0, 0.05) is 45.8 Å². The van der Waals surface area contributed by atoms with Crippen LogP contribution in [0.4, 0.5) is 13.2 Å². The van der Waals surface area contributed by atoms with Crippen LogP contribution >= 0.6 is 12.4 Å². The molecular formula is C13H19ClF3N5O2. The molecule has 1 aliphatic rings. The van der Waals surface area contributed by atoms with Crippen LogP contribution in [0.5, 0.6) is 0 Å². The lowest BCUT2D eigenvalue weighted by atomic mass is 10.2. The molecule has 0 radical (unpaired) electrons. The number of nitrogens with one attached hydrogen (secondary N) is 2. The van der Waals surface area contributed by atoms with E-state index in [9.17, 15) is 22.8 Å². The molecule has 136 valence electrons. The normalized spacial score (nSPS) is 17.0. The fraction of sp³-hybridized carbons (Fsp3) is 0.615. The van der Waals surface area contributed by atoms with Crippen molar-refractivity contribution < 1.29 is 18.0 Å². The first kappa shape index (κ1) is 20.4. The van der Waals surface area contributed by atoms with E-state index < -0.39 is 30.2 Å². The second kappa shape index (κ2) is 8.45. The van der Waals surface area contributed by atoms with Gasteiger partial charge >= 0.3 is 6.18 Å². The molecule has 2 heterocycles. The monoisotopic (exact) mass is 369 g/mol. The van der Waals surface area contributed by atoms with Gasteiger partial charge in [0.2, 0.25) is 0 Å². The van der Waals surface area contributed by atoms with Gasteiger partial charge in [-0.05, 0) is 6.07 Å². The zero-order valence-electron chi connectivity index (χ0n) is 13.0. The highest BCUT2D eigenvalue weighted by Crippen LogP contribution is 2.24. The Morgan fingerprint density at radius 2 is 2.00 bits per heavy atom. The third-order valence-corrected chi connectivity index (χ3v) is 3.62. The molecule has 1 amide bonds. The number of hydrogen-bond acceptors (Lipinski definition) is 5. The molecule has 7 nitrogen and oxygen atoms in total. The van der Waals surface area contributed by atoms with Gasteiger partial charge in [0.25, 0.3) is 11.5 Å². The molecule has 0 saturated carbocycles. The number of rotatable bonds is 4. The van der Waals surface area contributed by atoms with E-state index in [1.807, 2.05) is 0 Å². The van der Waals surface area contributed by atoms with Gasteiger partial charge in [-0.1, -0.05) is 0 Å². The SMILES string of the molecule is Cl.Cn1nc(C(=O)NCC(N2CCNCC2)C(F)(F)F)ccc1=O. The quantitative estimate of drug-likeness (QED) is 0.766. The van der Waals surface area contributed by atoms with Gasteiger partial charge < -0.3 is 10.6 Å². The zero-order chi connectivity index (χ0) is 17.0. The highest BCUT2D eigenvalue weighted by atomic mass is 35.5. The Balaban J connectivity index is 0.00000288. The van der Waals surface area contributed by atoms with Crippen LogP contribution in [0.2, 0.25) is 0 Å². The van der Waals surface area contributed by atoms with Crippen LogP contribution in [0, 0.1) is 0 Å². The Kier molecular flexibility index (Phi) is 7.18. The van der Waals surface area contributed by atoms with E-state index in [0.717, 1.165) is 10.7 Å². The predicted molar refractivity (Wildman–Crippen MR) is 83.3 cm³/mol. The van der Waals surface area contributed by atoms with E-state index in [4.69, 9.17) is 0 Å². The third kappa shape index (κ3) is 5.18. The summed E-state index contributed by atoms with van der Waals surface area (Å²) in [5, 5.41) is 8.95. The van der Waals surface area contributed by atoms with Gasteiger partial charge in [0.1, 0.15) is 11.7 Å². The minimum Gasteiger partial charge on any atom is -0.349 e. The number of carbonyl (C=O) groups excluding carboxylic acids is 1. The van der Waals surface area contributed by atoms with Crippen LogP contribution in [0.15, 0.2) is 16.9 Å². The molecule has 2 N–H and O–H groups in total. The first-order chi connectivity index (χ1) is 10.8. The van der Waals surface area contributed by atoms with Crippen molar-refractivity contribution in [1.29, 1.82) is 0 Å². The summed E-state index contributed by atoms with van der Waals surface area (Å²) in [5.41, 5.74) is -0.510.